The summed E-state index contributed by atoms with van der Waals surface area (Å²) in [6.45, 7) is 0. The number of hydrogen-bond donors (Lipinski definition) is 2. The zero-order chi connectivity index (χ0) is 11.5. The largest absolute Gasteiger partial charge is 0.403 e. The van der Waals surface area contributed by atoms with Gasteiger partial charge in [0.25, 0.3) is 5.89 Å². The average Bonchev–Trinajstić information content (AvgIpc) is 2.66. The second-order valence-corrected chi connectivity index (χ2v) is 3.73. The van der Waals surface area contributed by atoms with Gasteiger partial charge in [-0.25, -0.2) is 0 Å². The van der Waals surface area contributed by atoms with Crippen LogP contribution in [-0.2, 0) is 0 Å². The lowest BCUT2D eigenvalue weighted by Crippen LogP contribution is -2.18. The number of benzene rings is 1. The minimum atomic E-state index is 0.0642. The first-order chi connectivity index (χ1) is 7.66. The summed E-state index contributed by atoms with van der Waals surface area (Å²) in [5.41, 5.74) is 5.93. The Balaban J connectivity index is 2.32. The fourth-order valence-electron chi connectivity index (χ4n) is 1.12. The maximum atomic E-state index is 5.98. The van der Waals surface area contributed by atoms with Gasteiger partial charge in [0.05, 0.1) is 10.6 Å². The number of halogens is 1. The summed E-state index contributed by atoms with van der Waals surface area (Å²) in [4.78, 5) is 0. The Morgan fingerprint density at radius 1 is 1.38 bits per heavy atom. The van der Waals surface area contributed by atoms with Gasteiger partial charge >= 0.3 is 6.01 Å². The third-order valence-electron chi connectivity index (χ3n) is 1.76. The predicted octanol–water partition coefficient (Wildman–Crippen LogP) is 2.05. The van der Waals surface area contributed by atoms with Gasteiger partial charge in [-0.05, 0) is 24.4 Å². The van der Waals surface area contributed by atoms with Gasteiger partial charge in [-0.15, -0.1) is 5.10 Å². The number of nitrogens with two attached hydrogens (primary N) is 1. The maximum absolute atomic E-state index is 5.98. The van der Waals surface area contributed by atoms with Crippen LogP contribution in [0.1, 0.15) is 0 Å². The van der Waals surface area contributed by atoms with E-state index < -0.39 is 0 Å². The molecule has 3 N–H and O–H groups in total. The van der Waals surface area contributed by atoms with Crippen LogP contribution in [0, 0.1) is 0 Å². The minimum Gasteiger partial charge on any atom is -0.403 e. The van der Waals surface area contributed by atoms with Crippen molar-refractivity contribution in [2.45, 2.75) is 0 Å². The summed E-state index contributed by atoms with van der Waals surface area (Å²) >= 11 is 10.6. The van der Waals surface area contributed by atoms with E-state index in [1.54, 1.807) is 12.1 Å². The van der Waals surface area contributed by atoms with Gasteiger partial charge in [0.15, 0.2) is 5.11 Å². The molecule has 0 spiro atoms. The van der Waals surface area contributed by atoms with E-state index in [2.05, 4.69) is 27.7 Å². The Labute approximate surface area is 102 Å². The van der Waals surface area contributed by atoms with Crippen molar-refractivity contribution in [2.75, 3.05) is 5.32 Å². The normalized spacial score (nSPS) is 10.1. The molecule has 0 amide bonds. The standard InChI is InChI=1S/C9H7ClN4OS/c10-6-4-2-1-3-5(6)7-13-14-9(15-7)12-8(11)16/h1-4H,(H3,11,12,14,16). The van der Waals surface area contributed by atoms with Crippen LogP contribution < -0.4 is 11.1 Å². The second-order valence-electron chi connectivity index (χ2n) is 2.88. The number of hydrogen-bond acceptors (Lipinski definition) is 4. The molecule has 0 aliphatic carbocycles. The third-order valence-corrected chi connectivity index (χ3v) is 2.19. The number of anilines is 1. The van der Waals surface area contributed by atoms with E-state index in [0.29, 0.717) is 16.5 Å². The van der Waals surface area contributed by atoms with Crippen molar-refractivity contribution in [1.29, 1.82) is 0 Å². The van der Waals surface area contributed by atoms with E-state index in [4.69, 9.17) is 21.8 Å². The fourth-order valence-corrected chi connectivity index (χ4v) is 1.43. The molecule has 0 bridgehead atoms. The van der Waals surface area contributed by atoms with Crippen LogP contribution in [0.4, 0.5) is 6.01 Å². The molecule has 0 aliphatic rings. The van der Waals surface area contributed by atoms with Gasteiger partial charge in [0.2, 0.25) is 0 Å². The highest BCUT2D eigenvalue weighted by atomic mass is 35.5. The molecule has 0 radical (unpaired) electrons. The van der Waals surface area contributed by atoms with Crippen molar-refractivity contribution in [1.82, 2.24) is 10.2 Å². The average molecular weight is 255 g/mol. The molecule has 0 unspecified atom stereocenters. The number of nitrogens with zero attached hydrogens (tertiary/aromatic N) is 2. The number of rotatable bonds is 2. The van der Waals surface area contributed by atoms with Crippen molar-refractivity contribution in [2.24, 2.45) is 5.73 Å². The zero-order valence-corrected chi connectivity index (χ0v) is 9.55. The van der Waals surface area contributed by atoms with Gasteiger partial charge in [0, 0.05) is 0 Å². The van der Waals surface area contributed by atoms with E-state index in [9.17, 15) is 0 Å². The van der Waals surface area contributed by atoms with E-state index in [-0.39, 0.29) is 11.1 Å². The van der Waals surface area contributed by atoms with Crippen molar-refractivity contribution in [3.63, 3.8) is 0 Å². The first kappa shape index (κ1) is 10.8. The SMILES string of the molecule is NC(=S)Nc1nnc(-c2ccccc2Cl)o1. The molecular weight excluding hydrogens is 248 g/mol. The lowest BCUT2D eigenvalue weighted by molar-refractivity contribution is 0.589. The zero-order valence-electron chi connectivity index (χ0n) is 7.98. The van der Waals surface area contributed by atoms with Gasteiger partial charge in [-0.1, -0.05) is 28.8 Å². The van der Waals surface area contributed by atoms with E-state index in [1.165, 1.54) is 0 Å². The Hall–Kier alpha value is -1.66. The highest BCUT2D eigenvalue weighted by Crippen LogP contribution is 2.26. The molecule has 7 heteroatoms. The number of nitrogens with one attached hydrogen (secondary N) is 1. The number of aromatic nitrogens is 2. The van der Waals surface area contributed by atoms with Crippen LogP contribution in [0.5, 0.6) is 0 Å². The highest BCUT2D eigenvalue weighted by molar-refractivity contribution is 7.80. The smallest absolute Gasteiger partial charge is 0.322 e. The lowest BCUT2D eigenvalue weighted by atomic mass is 10.2. The van der Waals surface area contributed by atoms with E-state index in [1.807, 2.05) is 12.1 Å². The monoisotopic (exact) mass is 254 g/mol. The molecule has 1 aromatic carbocycles. The Bertz CT molecular complexity index is 528. The first-order valence-corrected chi connectivity index (χ1v) is 5.10. The molecule has 16 heavy (non-hydrogen) atoms. The summed E-state index contributed by atoms with van der Waals surface area (Å²) in [6.07, 6.45) is 0. The first-order valence-electron chi connectivity index (χ1n) is 4.31. The van der Waals surface area contributed by atoms with E-state index in [0.717, 1.165) is 0 Å². The van der Waals surface area contributed by atoms with Crippen molar-refractivity contribution < 1.29 is 4.42 Å². The fraction of sp³-hybridized carbons (Fsp3) is 0. The summed E-state index contributed by atoms with van der Waals surface area (Å²) < 4.78 is 5.28. The van der Waals surface area contributed by atoms with E-state index >= 15 is 0 Å². The van der Waals surface area contributed by atoms with Crippen molar-refractivity contribution in [3.8, 4) is 11.5 Å². The summed E-state index contributed by atoms with van der Waals surface area (Å²) in [7, 11) is 0. The van der Waals surface area contributed by atoms with Gasteiger partial charge in [-0.2, -0.15) is 0 Å². The summed E-state index contributed by atoms with van der Waals surface area (Å²) in [5.74, 6) is 0.310. The predicted molar refractivity (Wildman–Crippen MR) is 65.2 cm³/mol. The highest BCUT2D eigenvalue weighted by Gasteiger charge is 2.11. The van der Waals surface area contributed by atoms with Gasteiger partial charge in [-0.3, -0.25) is 5.32 Å². The molecule has 82 valence electrons. The van der Waals surface area contributed by atoms with Crippen LogP contribution in [-0.4, -0.2) is 15.3 Å². The van der Waals surface area contributed by atoms with Crippen molar-refractivity contribution >= 4 is 34.9 Å². The molecule has 0 saturated heterocycles. The molecule has 0 saturated carbocycles. The minimum absolute atomic E-state index is 0.0642. The number of thiocarbonyl (C=S) groups is 1. The summed E-state index contributed by atoms with van der Waals surface area (Å²) in [6, 6.07) is 7.30. The van der Waals surface area contributed by atoms with Crippen LogP contribution in [0.3, 0.4) is 0 Å². The lowest BCUT2D eigenvalue weighted by Gasteiger charge is -1.97. The third kappa shape index (κ3) is 2.29. The topological polar surface area (TPSA) is 77.0 Å². The molecule has 0 aliphatic heterocycles. The molecule has 2 rings (SSSR count). The molecule has 0 atom stereocenters. The van der Waals surface area contributed by atoms with Gasteiger partial charge in [0.1, 0.15) is 0 Å². The molecular formula is C9H7ClN4OS. The Kier molecular flexibility index (Phi) is 3.02. The maximum Gasteiger partial charge on any atom is 0.322 e. The Morgan fingerprint density at radius 3 is 2.81 bits per heavy atom. The van der Waals surface area contributed by atoms with Crippen LogP contribution in [0.25, 0.3) is 11.5 Å². The second kappa shape index (κ2) is 4.46. The van der Waals surface area contributed by atoms with Crippen LogP contribution in [0.15, 0.2) is 28.7 Å². The Morgan fingerprint density at radius 2 is 2.12 bits per heavy atom. The summed E-state index contributed by atoms with van der Waals surface area (Å²) in [5, 5.41) is 10.7. The van der Waals surface area contributed by atoms with Crippen molar-refractivity contribution in [3.05, 3.63) is 29.3 Å². The molecule has 1 heterocycles. The van der Waals surface area contributed by atoms with Crippen LogP contribution >= 0.6 is 23.8 Å². The molecule has 0 fully saturated rings. The molecule has 1 aromatic heterocycles. The van der Waals surface area contributed by atoms with Crippen LogP contribution in [0.2, 0.25) is 5.02 Å². The molecule has 2 aromatic rings. The van der Waals surface area contributed by atoms with Gasteiger partial charge < -0.3 is 10.2 Å². The quantitative estimate of drug-likeness (QED) is 0.799. The molecule has 5 nitrogen and oxygen atoms in total.